The average molecular weight is 790 g/mol. The first-order valence-corrected chi connectivity index (χ1v) is 22.8. The van der Waals surface area contributed by atoms with Crippen molar-refractivity contribution in [1.82, 2.24) is 0 Å². The first-order chi connectivity index (χ1) is 26.6. The van der Waals surface area contributed by atoms with Gasteiger partial charge in [0, 0.05) is 6.42 Å². The summed E-state index contributed by atoms with van der Waals surface area (Å²) in [6.45, 7) is 4.51. The number of likely N-dealkylation sites (N-methyl/N-ethyl adjacent to an activating group) is 1. The van der Waals surface area contributed by atoms with Crippen LogP contribution in [0.2, 0.25) is 0 Å². The number of quaternary nitrogens is 1. The summed E-state index contributed by atoms with van der Waals surface area (Å²) in [5, 5.41) is 0. The van der Waals surface area contributed by atoms with Gasteiger partial charge in [-0.05, 0) is 63.9 Å². The molecule has 0 spiro atoms. The number of phosphoric acid groups is 1. The van der Waals surface area contributed by atoms with E-state index in [-0.39, 0.29) is 26.2 Å². The summed E-state index contributed by atoms with van der Waals surface area (Å²) in [5.74, 6) is -0.441. The molecule has 9 heteroatoms. The smallest absolute Gasteiger partial charge is 0.306 e. The molecule has 0 saturated heterocycles. The number of esters is 1. The minimum atomic E-state index is -4.56. The highest BCUT2D eigenvalue weighted by molar-refractivity contribution is 7.45. The molecule has 0 fully saturated rings. The molecule has 316 valence electrons. The zero-order valence-corrected chi connectivity index (χ0v) is 36.5. The lowest BCUT2D eigenvalue weighted by molar-refractivity contribution is -0.870. The Morgan fingerprint density at radius 1 is 0.600 bits per heavy atom. The quantitative estimate of drug-likeness (QED) is 0.0153. The van der Waals surface area contributed by atoms with E-state index in [0.717, 1.165) is 51.4 Å². The Kier molecular flexibility index (Phi) is 36.7. The van der Waals surface area contributed by atoms with E-state index < -0.39 is 19.9 Å². The van der Waals surface area contributed by atoms with Crippen LogP contribution in [0.15, 0.2) is 85.3 Å². The first-order valence-electron chi connectivity index (χ1n) is 21.4. The highest BCUT2D eigenvalue weighted by Gasteiger charge is 2.20. The van der Waals surface area contributed by atoms with E-state index in [2.05, 4.69) is 74.6 Å². The monoisotopic (exact) mass is 790 g/mol. The number of ether oxygens (including phenoxy) is 2. The number of allylic oxidation sites excluding steroid dienone is 13. The Bertz CT molecular complexity index is 1150. The van der Waals surface area contributed by atoms with E-state index in [9.17, 15) is 14.3 Å². The van der Waals surface area contributed by atoms with Crippen molar-refractivity contribution < 1.29 is 37.3 Å². The van der Waals surface area contributed by atoms with Crippen molar-refractivity contribution in [2.24, 2.45) is 0 Å². The zero-order valence-electron chi connectivity index (χ0n) is 35.6. The third-order valence-corrected chi connectivity index (χ3v) is 9.50. The first kappa shape index (κ1) is 52.5. The molecular formula is C46H80NO7P. The van der Waals surface area contributed by atoms with Crippen LogP contribution in [0.5, 0.6) is 0 Å². The standard InChI is InChI=1S/C46H80NO7P/c1-6-8-10-12-14-16-18-20-22-23-24-25-26-27-29-31-33-35-37-39-46(48)54-45(44-53-55(49,50)52-42-40-47(3,4)5)43-51-41-38-36-34-32-30-28-21-19-17-15-13-11-9-7-2/h8,10,14,16,20,22,24-25,27,29,33,35,38,41,45H,6-7,9,11-13,15,17-19,21,23,26,28,30-32,34,36-37,39-40,42-44H2,1-5H3/b10-8+,16-14+,22-20+,25-24+,29-27+,35-33+,41-38+. The predicted octanol–water partition coefficient (Wildman–Crippen LogP) is 12.2. The Hall–Kier alpha value is -2.48. The number of unbranched alkanes of at least 4 members (excludes halogenated alkanes) is 12. The number of rotatable bonds is 38. The summed E-state index contributed by atoms with van der Waals surface area (Å²) in [6.07, 6.45) is 51.3. The van der Waals surface area contributed by atoms with Crippen LogP contribution < -0.4 is 4.89 Å². The van der Waals surface area contributed by atoms with E-state index >= 15 is 0 Å². The summed E-state index contributed by atoms with van der Waals surface area (Å²) >= 11 is 0. The van der Waals surface area contributed by atoms with Gasteiger partial charge in [0.25, 0.3) is 7.82 Å². The van der Waals surface area contributed by atoms with Crippen LogP contribution in [0.3, 0.4) is 0 Å². The summed E-state index contributed by atoms with van der Waals surface area (Å²) < 4.78 is 34.2. The van der Waals surface area contributed by atoms with Crippen molar-refractivity contribution in [3.63, 3.8) is 0 Å². The molecule has 0 aromatic heterocycles. The second kappa shape index (κ2) is 38.4. The van der Waals surface area contributed by atoms with Crippen molar-refractivity contribution in [3.8, 4) is 0 Å². The van der Waals surface area contributed by atoms with Crippen molar-refractivity contribution in [2.45, 2.75) is 155 Å². The molecule has 0 heterocycles. The van der Waals surface area contributed by atoms with Gasteiger partial charge < -0.3 is 27.9 Å². The van der Waals surface area contributed by atoms with Crippen molar-refractivity contribution in [1.29, 1.82) is 0 Å². The molecule has 0 N–H and O–H groups in total. The molecule has 55 heavy (non-hydrogen) atoms. The SMILES string of the molecule is CC/C=C/C/C=C/C/C=C/C/C=C/C/C=C/C/C=C/CCC(=O)OC(CO/C=C/CCCCCCCCCCCCCC)COP(=O)([O-])OCC[N+](C)(C)C. The van der Waals surface area contributed by atoms with Crippen LogP contribution in [-0.2, 0) is 27.9 Å². The minimum Gasteiger partial charge on any atom is -0.756 e. The second-order valence-corrected chi connectivity index (χ2v) is 16.4. The van der Waals surface area contributed by atoms with E-state index in [1.165, 1.54) is 70.6 Å². The number of phosphoric ester groups is 1. The molecule has 0 aliphatic carbocycles. The third-order valence-electron chi connectivity index (χ3n) is 8.54. The Morgan fingerprint density at radius 2 is 1.07 bits per heavy atom. The number of hydrogen-bond donors (Lipinski definition) is 0. The number of carbonyl (C=O) groups excluding carboxylic acids is 1. The maximum absolute atomic E-state index is 12.6. The Morgan fingerprint density at radius 3 is 1.56 bits per heavy atom. The molecule has 8 nitrogen and oxygen atoms in total. The number of nitrogens with zero attached hydrogens (tertiary/aromatic N) is 1. The van der Waals surface area contributed by atoms with Crippen LogP contribution in [0.4, 0.5) is 0 Å². The average Bonchev–Trinajstić information content (AvgIpc) is 3.13. The molecule has 0 aliphatic heterocycles. The second-order valence-electron chi connectivity index (χ2n) is 15.0. The molecular weight excluding hydrogens is 709 g/mol. The highest BCUT2D eigenvalue weighted by Crippen LogP contribution is 2.38. The van der Waals surface area contributed by atoms with E-state index in [1.807, 2.05) is 39.4 Å². The molecule has 2 unspecified atom stereocenters. The molecule has 0 amide bonds. The summed E-state index contributed by atoms with van der Waals surface area (Å²) in [4.78, 5) is 25.0. The van der Waals surface area contributed by atoms with Gasteiger partial charge in [-0.25, -0.2) is 0 Å². The van der Waals surface area contributed by atoms with Gasteiger partial charge in [0.2, 0.25) is 0 Å². The lowest BCUT2D eigenvalue weighted by Crippen LogP contribution is -2.37. The lowest BCUT2D eigenvalue weighted by atomic mass is 10.0. The van der Waals surface area contributed by atoms with Crippen LogP contribution >= 0.6 is 7.82 Å². The summed E-state index contributed by atoms with van der Waals surface area (Å²) in [7, 11) is 1.27. The summed E-state index contributed by atoms with van der Waals surface area (Å²) in [5.41, 5.74) is 0. The maximum atomic E-state index is 12.6. The van der Waals surface area contributed by atoms with Crippen molar-refractivity contribution in [3.05, 3.63) is 85.3 Å². The summed E-state index contributed by atoms with van der Waals surface area (Å²) in [6, 6.07) is 0. The van der Waals surface area contributed by atoms with Gasteiger partial charge in [0.05, 0.1) is 34.0 Å². The maximum Gasteiger partial charge on any atom is 0.306 e. The zero-order chi connectivity index (χ0) is 40.6. The van der Waals surface area contributed by atoms with Gasteiger partial charge in [-0.2, -0.15) is 0 Å². The molecule has 2 atom stereocenters. The molecule has 0 aromatic carbocycles. The molecule has 0 bridgehead atoms. The van der Waals surface area contributed by atoms with E-state index in [4.69, 9.17) is 18.5 Å². The Balaban J connectivity index is 4.46. The minimum absolute atomic E-state index is 0.000941. The van der Waals surface area contributed by atoms with Crippen molar-refractivity contribution >= 4 is 13.8 Å². The molecule has 0 aliphatic rings. The topological polar surface area (TPSA) is 94.1 Å². The van der Waals surface area contributed by atoms with Crippen LogP contribution in [0, 0.1) is 0 Å². The van der Waals surface area contributed by atoms with Crippen LogP contribution in [0.1, 0.15) is 149 Å². The molecule has 0 aromatic rings. The predicted molar refractivity (Wildman–Crippen MR) is 231 cm³/mol. The van der Waals surface area contributed by atoms with Gasteiger partial charge in [-0.1, -0.05) is 157 Å². The van der Waals surface area contributed by atoms with Gasteiger partial charge in [-0.15, -0.1) is 0 Å². The van der Waals surface area contributed by atoms with Crippen LogP contribution in [-0.4, -0.2) is 64.1 Å². The van der Waals surface area contributed by atoms with Gasteiger partial charge in [-0.3, -0.25) is 9.36 Å². The lowest BCUT2D eigenvalue weighted by Gasteiger charge is -2.28. The normalized spacial score (nSPS) is 14.6. The number of carbonyl (C=O) groups is 1. The van der Waals surface area contributed by atoms with Gasteiger partial charge in [0.15, 0.2) is 6.10 Å². The van der Waals surface area contributed by atoms with E-state index in [1.54, 1.807) is 6.26 Å². The molecule has 0 radical (unpaired) electrons. The Labute approximate surface area is 337 Å². The number of hydrogen-bond acceptors (Lipinski definition) is 7. The largest absolute Gasteiger partial charge is 0.756 e. The van der Waals surface area contributed by atoms with Crippen LogP contribution in [0.25, 0.3) is 0 Å². The fourth-order valence-electron chi connectivity index (χ4n) is 5.24. The molecule has 0 saturated carbocycles. The molecule has 0 rings (SSSR count). The van der Waals surface area contributed by atoms with Crippen molar-refractivity contribution in [2.75, 3.05) is 47.5 Å². The fourth-order valence-corrected chi connectivity index (χ4v) is 5.97. The highest BCUT2D eigenvalue weighted by atomic mass is 31.2. The third kappa shape index (κ3) is 42.5. The fraction of sp³-hybridized carbons (Fsp3) is 0.674. The van der Waals surface area contributed by atoms with Gasteiger partial charge >= 0.3 is 5.97 Å². The van der Waals surface area contributed by atoms with Gasteiger partial charge in [0.1, 0.15) is 19.8 Å². The van der Waals surface area contributed by atoms with E-state index in [0.29, 0.717) is 17.4 Å².